The first kappa shape index (κ1) is 16.5. The molecule has 0 radical (unpaired) electrons. The summed E-state index contributed by atoms with van der Waals surface area (Å²) in [6, 6.07) is 2.11. The Morgan fingerprint density at radius 2 is 2.19 bits per heavy atom. The fourth-order valence-corrected chi connectivity index (χ4v) is 3.50. The van der Waals surface area contributed by atoms with Crippen LogP contribution in [0.5, 0.6) is 0 Å². The van der Waals surface area contributed by atoms with Crippen molar-refractivity contribution >= 4 is 17.2 Å². The first-order valence-electron chi connectivity index (χ1n) is 7.78. The molecule has 1 aliphatic heterocycles. The molecular weight excluding hydrogens is 284 g/mol. The number of nitrogens with zero attached hydrogens (tertiary/aromatic N) is 1. The zero-order valence-electron chi connectivity index (χ0n) is 13.3. The van der Waals surface area contributed by atoms with Crippen molar-refractivity contribution in [1.29, 1.82) is 0 Å². The number of carbonyl (C=O) groups is 1. The Morgan fingerprint density at radius 1 is 1.43 bits per heavy atom. The first-order valence-corrected chi connectivity index (χ1v) is 8.72. The van der Waals surface area contributed by atoms with E-state index >= 15 is 0 Å². The zero-order valence-corrected chi connectivity index (χ0v) is 14.2. The first-order chi connectivity index (χ1) is 10.1. The van der Waals surface area contributed by atoms with Gasteiger partial charge in [0.05, 0.1) is 18.7 Å². The van der Waals surface area contributed by atoms with Gasteiger partial charge in [0, 0.05) is 6.61 Å². The Labute approximate surface area is 131 Å². The molecule has 1 aromatic rings. The molecule has 0 aromatic carbocycles. The molecule has 4 nitrogen and oxygen atoms in total. The van der Waals surface area contributed by atoms with Crippen LogP contribution in [-0.4, -0.2) is 36.1 Å². The second-order valence-corrected chi connectivity index (χ2v) is 6.58. The quantitative estimate of drug-likeness (QED) is 0.842. The van der Waals surface area contributed by atoms with E-state index in [-0.39, 0.29) is 24.2 Å². The minimum Gasteiger partial charge on any atom is -0.380 e. The van der Waals surface area contributed by atoms with Gasteiger partial charge < -0.3 is 9.64 Å². The summed E-state index contributed by atoms with van der Waals surface area (Å²) in [5, 5.41) is 7.66. The van der Waals surface area contributed by atoms with E-state index in [0.717, 1.165) is 6.42 Å². The van der Waals surface area contributed by atoms with E-state index in [1.54, 1.807) is 11.3 Å². The molecule has 0 saturated carbocycles. The number of amides is 1. The van der Waals surface area contributed by atoms with E-state index in [1.807, 2.05) is 11.8 Å². The van der Waals surface area contributed by atoms with Gasteiger partial charge in [0.2, 0.25) is 5.91 Å². The Bertz CT molecular complexity index is 447. The maximum Gasteiger partial charge on any atom is 0.241 e. The van der Waals surface area contributed by atoms with Crippen molar-refractivity contribution in [3.8, 4) is 0 Å². The van der Waals surface area contributed by atoms with Gasteiger partial charge in [-0.25, -0.2) is 0 Å². The van der Waals surface area contributed by atoms with Crippen molar-refractivity contribution in [2.24, 2.45) is 5.92 Å². The van der Waals surface area contributed by atoms with Gasteiger partial charge in [-0.3, -0.25) is 10.1 Å². The second-order valence-electron chi connectivity index (χ2n) is 5.80. The van der Waals surface area contributed by atoms with Crippen LogP contribution in [0, 0.1) is 5.92 Å². The molecule has 1 aliphatic rings. The van der Waals surface area contributed by atoms with Crippen LogP contribution >= 0.6 is 11.3 Å². The molecule has 3 unspecified atom stereocenters. The predicted octanol–water partition coefficient (Wildman–Crippen LogP) is 3.02. The predicted molar refractivity (Wildman–Crippen MR) is 86.2 cm³/mol. The lowest BCUT2D eigenvalue weighted by Gasteiger charge is -2.35. The van der Waals surface area contributed by atoms with Gasteiger partial charge in [-0.05, 0) is 41.7 Å². The Morgan fingerprint density at radius 3 is 2.71 bits per heavy atom. The fraction of sp³-hybridized carbons (Fsp3) is 0.688. The molecule has 3 atom stereocenters. The van der Waals surface area contributed by atoms with Crippen molar-refractivity contribution in [3.63, 3.8) is 0 Å². The van der Waals surface area contributed by atoms with Crippen LogP contribution < -0.4 is 5.32 Å². The summed E-state index contributed by atoms with van der Waals surface area (Å²) in [5.74, 6) is 0.561. The van der Waals surface area contributed by atoms with Crippen molar-refractivity contribution < 1.29 is 9.53 Å². The molecule has 0 aliphatic carbocycles. The summed E-state index contributed by atoms with van der Waals surface area (Å²) >= 11 is 1.67. The molecule has 0 spiro atoms. The van der Waals surface area contributed by atoms with E-state index in [2.05, 4.69) is 42.9 Å². The van der Waals surface area contributed by atoms with Gasteiger partial charge >= 0.3 is 0 Å². The number of hydrogen-bond acceptors (Lipinski definition) is 4. The SMILES string of the molecule is CCOCC(C(C)C)N1C(=O)C(CC)NC1c1ccsc1. The molecule has 21 heavy (non-hydrogen) atoms. The van der Waals surface area contributed by atoms with Gasteiger partial charge in [-0.2, -0.15) is 11.3 Å². The molecule has 5 heteroatoms. The zero-order chi connectivity index (χ0) is 15.4. The molecule has 1 N–H and O–H groups in total. The molecule has 2 heterocycles. The largest absolute Gasteiger partial charge is 0.380 e. The third kappa shape index (κ3) is 3.47. The molecule has 0 bridgehead atoms. The Balaban J connectivity index is 2.27. The van der Waals surface area contributed by atoms with Crippen LogP contribution in [0.15, 0.2) is 16.8 Å². The van der Waals surface area contributed by atoms with Crippen LogP contribution in [0.1, 0.15) is 45.8 Å². The highest BCUT2D eigenvalue weighted by molar-refractivity contribution is 7.07. The van der Waals surface area contributed by atoms with Gasteiger partial charge in [0.15, 0.2) is 0 Å². The summed E-state index contributed by atoms with van der Waals surface area (Å²) in [6.45, 7) is 9.63. The van der Waals surface area contributed by atoms with E-state index in [0.29, 0.717) is 19.1 Å². The van der Waals surface area contributed by atoms with Gasteiger partial charge in [0.25, 0.3) is 0 Å². The average Bonchev–Trinajstić information content (AvgIpc) is 3.08. The lowest BCUT2D eigenvalue weighted by atomic mass is 10.0. The number of carbonyl (C=O) groups excluding carboxylic acids is 1. The maximum absolute atomic E-state index is 12.8. The smallest absolute Gasteiger partial charge is 0.241 e. The highest BCUT2D eigenvalue weighted by atomic mass is 32.1. The molecule has 1 saturated heterocycles. The minimum atomic E-state index is -0.0854. The van der Waals surface area contributed by atoms with E-state index in [1.165, 1.54) is 5.56 Å². The fourth-order valence-electron chi connectivity index (χ4n) is 2.82. The molecule has 1 fully saturated rings. The van der Waals surface area contributed by atoms with E-state index in [4.69, 9.17) is 4.74 Å². The number of nitrogens with one attached hydrogen (secondary N) is 1. The summed E-state index contributed by atoms with van der Waals surface area (Å²) in [7, 11) is 0. The third-order valence-electron chi connectivity index (χ3n) is 4.08. The maximum atomic E-state index is 12.8. The molecule has 1 aromatic heterocycles. The molecule has 1 amide bonds. The number of thiophene rings is 1. The summed E-state index contributed by atoms with van der Waals surface area (Å²) in [5.41, 5.74) is 1.17. The van der Waals surface area contributed by atoms with Gasteiger partial charge in [-0.15, -0.1) is 0 Å². The second kappa shape index (κ2) is 7.38. The summed E-state index contributed by atoms with van der Waals surface area (Å²) in [4.78, 5) is 14.8. The number of hydrogen-bond donors (Lipinski definition) is 1. The van der Waals surface area contributed by atoms with E-state index < -0.39 is 0 Å². The molecule has 2 rings (SSSR count). The summed E-state index contributed by atoms with van der Waals surface area (Å²) in [6.07, 6.45) is 0.789. The normalized spacial score (nSPS) is 24.0. The summed E-state index contributed by atoms with van der Waals surface area (Å²) < 4.78 is 5.63. The van der Waals surface area contributed by atoms with Crippen LogP contribution in [0.4, 0.5) is 0 Å². The standard InChI is InChI=1S/C16H26N2O2S/c1-5-13-16(19)18(14(11(3)4)9-20-6-2)15(17-13)12-7-8-21-10-12/h7-8,10-11,13-15,17H,5-6,9H2,1-4H3. The van der Waals surface area contributed by atoms with Crippen LogP contribution in [0.25, 0.3) is 0 Å². The number of ether oxygens (including phenoxy) is 1. The lowest BCUT2D eigenvalue weighted by Crippen LogP contribution is -2.45. The van der Waals surface area contributed by atoms with Crippen LogP contribution in [0.3, 0.4) is 0 Å². The van der Waals surface area contributed by atoms with Crippen molar-refractivity contribution in [2.45, 2.75) is 52.4 Å². The number of rotatable bonds is 7. The Hall–Kier alpha value is -0.910. The van der Waals surface area contributed by atoms with Crippen molar-refractivity contribution in [3.05, 3.63) is 22.4 Å². The Kier molecular flexibility index (Phi) is 5.79. The third-order valence-corrected chi connectivity index (χ3v) is 4.78. The topological polar surface area (TPSA) is 41.6 Å². The minimum absolute atomic E-state index is 0.0263. The highest BCUT2D eigenvalue weighted by Crippen LogP contribution is 2.32. The van der Waals surface area contributed by atoms with E-state index in [9.17, 15) is 4.79 Å². The van der Waals surface area contributed by atoms with Gasteiger partial charge in [0.1, 0.15) is 6.17 Å². The van der Waals surface area contributed by atoms with Crippen molar-refractivity contribution in [1.82, 2.24) is 10.2 Å². The molecule has 118 valence electrons. The monoisotopic (exact) mass is 310 g/mol. The lowest BCUT2D eigenvalue weighted by molar-refractivity contribution is -0.135. The highest BCUT2D eigenvalue weighted by Gasteiger charge is 2.43. The average molecular weight is 310 g/mol. The van der Waals surface area contributed by atoms with Gasteiger partial charge in [-0.1, -0.05) is 20.8 Å². The molecular formula is C16H26N2O2S. The van der Waals surface area contributed by atoms with Crippen LogP contribution in [0.2, 0.25) is 0 Å². The van der Waals surface area contributed by atoms with Crippen molar-refractivity contribution in [2.75, 3.05) is 13.2 Å². The van der Waals surface area contributed by atoms with Crippen LogP contribution in [-0.2, 0) is 9.53 Å².